The van der Waals surface area contributed by atoms with E-state index in [0.717, 1.165) is 31.5 Å². The highest BCUT2D eigenvalue weighted by atomic mass is 32.2. The Morgan fingerprint density at radius 2 is 1.35 bits per heavy atom. The average Bonchev–Trinajstić information content (AvgIpc) is 2.77. The SMILES string of the molecule is CCCCC#Cc1cccc[n+]1CCC#CCCCCCCCCCC.O=S(=O)([O-])C(F)(F)F. The molecular weight excluding hydrogens is 463 g/mol. The summed E-state index contributed by atoms with van der Waals surface area (Å²) in [5.74, 6) is 13.3. The molecule has 0 saturated carbocycles. The normalized spacial score (nSPS) is 10.9. The number of hydrogen-bond donors (Lipinski definition) is 0. The number of nitrogens with zero attached hydrogens (tertiary/aromatic N) is 1. The fraction of sp³-hybridized carbons (Fsp3) is 0.654. The Labute approximate surface area is 204 Å². The molecule has 192 valence electrons. The minimum Gasteiger partial charge on any atom is -0.741 e. The van der Waals surface area contributed by atoms with Crippen LogP contribution in [0, 0.1) is 23.7 Å². The fourth-order valence-electron chi connectivity index (χ4n) is 2.90. The van der Waals surface area contributed by atoms with Crippen molar-refractivity contribution in [3.05, 3.63) is 30.1 Å². The maximum Gasteiger partial charge on any atom is 0.485 e. The van der Waals surface area contributed by atoms with E-state index in [4.69, 9.17) is 13.0 Å². The molecule has 4 nitrogen and oxygen atoms in total. The first-order chi connectivity index (χ1) is 16.1. The summed E-state index contributed by atoms with van der Waals surface area (Å²) in [6, 6.07) is 6.24. The van der Waals surface area contributed by atoms with E-state index in [1.165, 1.54) is 64.2 Å². The molecule has 0 saturated heterocycles. The van der Waals surface area contributed by atoms with Crippen LogP contribution in [0.1, 0.15) is 103 Å². The smallest absolute Gasteiger partial charge is 0.485 e. The van der Waals surface area contributed by atoms with Gasteiger partial charge in [0.2, 0.25) is 0 Å². The van der Waals surface area contributed by atoms with Crippen LogP contribution in [0.5, 0.6) is 0 Å². The summed E-state index contributed by atoms with van der Waals surface area (Å²) in [6.45, 7) is 5.41. The lowest BCUT2D eigenvalue weighted by molar-refractivity contribution is -0.698. The van der Waals surface area contributed by atoms with Crippen molar-refractivity contribution in [1.82, 2.24) is 0 Å². The molecule has 1 aromatic rings. The lowest BCUT2D eigenvalue weighted by atomic mass is 10.1. The molecule has 0 atom stereocenters. The average molecular weight is 502 g/mol. The van der Waals surface area contributed by atoms with Gasteiger partial charge in [-0.2, -0.15) is 17.7 Å². The number of rotatable bonds is 12. The van der Waals surface area contributed by atoms with Crippen LogP contribution in [0.25, 0.3) is 0 Å². The maximum atomic E-state index is 10.7. The highest BCUT2D eigenvalue weighted by molar-refractivity contribution is 7.86. The van der Waals surface area contributed by atoms with E-state index in [9.17, 15) is 13.2 Å². The number of hydrogen-bond acceptors (Lipinski definition) is 3. The molecule has 0 aliphatic carbocycles. The van der Waals surface area contributed by atoms with Crippen molar-refractivity contribution in [3.8, 4) is 23.7 Å². The molecule has 0 unspecified atom stereocenters. The zero-order valence-corrected chi connectivity index (χ0v) is 21.2. The van der Waals surface area contributed by atoms with Gasteiger partial charge in [0.1, 0.15) is 0 Å². The second-order valence-electron chi connectivity index (χ2n) is 7.91. The predicted octanol–water partition coefficient (Wildman–Crippen LogP) is 6.49. The lowest BCUT2D eigenvalue weighted by Crippen LogP contribution is -2.36. The van der Waals surface area contributed by atoms with Crippen molar-refractivity contribution in [3.63, 3.8) is 0 Å². The Bertz CT molecular complexity index is 892. The Kier molecular flexibility index (Phi) is 18.1. The molecule has 0 aliphatic rings. The summed E-state index contributed by atoms with van der Waals surface area (Å²) in [5, 5.41) is 0. The number of pyridine rings is 1. The first-order valence-electron chi connectivity index (χ1n) is 12.1. The summed E-state index contributed by atoms with van der Waals surface area (Å²) in [6.07, 6.45) is 18.4. The van der Waals surface area contributed by atoms with Crippen LogP contribution in [0.15, 0.2) is 24.4 Å². The number of aryl methyl sites for hydroxylation is 1. The van der Waals surface area contributed by atoms with E-state index in [1.54, 1.807) is 0 Å². The molecule has 0 amide bonds. The first kappa shape index (κ1) is 32.0. The van der Waals surface area contributed by atoms with Crippen LogP contribution >= 0.6 is 0 Å². The van der Waals surface area contributed by atoms with Gasteiger partial charge < -0.3 is 4.55 Å². The third kappa shape index (κ3) is 17.4. The quantitative estimate of drug-likeness (QED) is 0.108. The zero-order valence-electron chi connectivity index (χ0n) is 20.4. The third-order valence-electron chi connectivity index (χ3n) is 4.85. The summed E-state index contributed by atoms with van der Waals surface area (Å²) in [5.41, 5.74) is -4.54. The Hall–Kier alpha value is -2.03. The summed E-state index contributed by atoms with van der Waals surface area (Å²) in [4.78, 5) is 0. The zero-order chi connectivity index (χ0) is 25.7. The summed E-state index contributed by atoms with van der Waals surface area (Å²) in [7, 11) is -6.09. The van der Waals surface area contributed by atoms with Crippen LogP contribution in [0.4, 0.5) is 13.2 Å². The molecule has 0 bridgehead atoms. The van der Waals surface area contributed by atoms with Gasteiger partial charge in [-0.15, -0.1) is 5.92 Å². The van der Waals surface area contributed by atoms with E-state index < -0.39 is 15.6 Å². The molecule has 0 fully saturated rings. The van der Waals surface area contributed by atoms with Crippen LogP contribution in [0.3, 0.4) is 0 Å². The molecule has 0 aliphatic heterocycles. The van der Waals surface area contributed by atoms with E-state index in [2.05, 4.69) is 66.5 Å². The van der Waals surface area contributed by atoms with Gasteiger partial charge >= 0.3 is 5.51 Å². The first-order valence-corrected chi connectivity index (χ1v) is 13.5. The van der Waals surface area contributed by atoms with E-state index in [-0.39, 0.29) is 0 Å². The molecule has 1 heterocycles. The van der Waals surface area contributed by atoms with E-state index >= 15 is 0 Å². The molecule has 34 heavy (non-hydrogen) atoms. The monoisotopic (exact) mass is 501 g/mol. The molecule has 1 aromatic heterocycles. The highest BCUT2D eigenvalue weighted by Gasteiger charge is 2.36. The Balaban J connectivity index is 0.00000116. The molecule has 0 N–H and O–H groups in total. The van der Waals surface area contributed by atoms with Gasteiger partial charge in [0.15, 0.2) is 22.9 Å². The molecular formula is C26H38F3NO3S. The predicted molar refractivity (Wildman–Crippen MR) is 128 cm³/mol. The van der Waals surface area contributed by atoms with Crippen molar-refractivity contribution in [2.24, 2.45) is 0 Å². The van der Waals surface area contributed by atoms with Gasteiger partial charge in [0.25, 0.3) is 5.69 Å². The Morgan fingerprint density at radius 1 is 0.824 bits per heavy atom. The van der Waals surface area contributed by atoms with Crippen LogP contribution < -0.4 is 4.57 Å². The van der Waals surface area contributed by atoms with Gasteiger partial charge in [-0.05, 0) is 18.9 Å². The standard InChI is InChI=1S/C25H38N.CHF3O3S/c1-3-5-7-9-10-11-12-13-14-15-16-19-23-26-24-20-18-22-25(26)21-17-8-6-4-2;2-1(3,4)8(5,6)7/h18,20,22,24H,3-14,19,23H2,1-2H3;(H,5,6,7)/q+1;/p-1. The second-order valence-corrected chi connectivity index (χ2v) is 9.28. The van der Waals surface area contributed by atoms with Gasteiger partial charge in [-0.25, -0.2) is 8.42 Å². The summed E-state index contributed by atoms with van der Waals surface area (Å²) < 4.78 is 61.1. The Morgan fingerprint density at radius 3 is 1.94 bits per heavy atom. The highest BCUT2D eigenvalue weighted by Crippen LogP contribution is 2.20. The third-order valence-corrected chi connectivity index (χ3v) is 5.42. The van der Waals surface area contributed by atoms with Crippen molar-refractivity contribution in [2.75, 3.05) is 0 Å². The number of halogens is 3. The van der Waals surface area contributed by atoms with Crippen molar-refractivity contribution >= 4 is 10.1 Å². The van der Waals surface area contributed by atoms with Gasteiger partial charge in [-0.3, -0.25) is 0 Å². The van der Waals surface area contributed by atoms with Crippen molar-refractivity contribution in [2.45, 2.75) is 109 Å². The second kappa shape index (κ2) is 19.3. The summed E-state index contributed by atoms with van der Waals surface area (Å²) >= 11 is 0. The number of unbranched alkanes of at least 4 members (excludes halogenated alkanes) is 10. The topological polar surface area (TPSA) is 61.1 Å². The molecule has 0 aromatic carbocycles. The van der Waals surface area contributed by atoms with Crippen molar-refractivity contribution in [1.29, 1.82) is 0 Å². The van der Waals surface area contributed by atoms with Crippen LogP contribution in [-0.2, 0) is 16.7 Å². The van der Waals surface area contributed by atoms with Crippen LogP contribution in [0.2, 0.25) is 0 Å². The number of aromatic nitrogens is 1. The van der Waals surface area contributed by atoms with Gasteiger partial charge in [-0.1, -0.05) is 77.1 Å². The van der Waals surface area contributed by atoms with Crippen LogP contribution in [-0.4, -0.2) is 18.5 Å². The maximum absolute atomic E-state index is 10.7. The number of alkyl halides is 3. The largest absolute Gasteiger partial charge is 0.741 e. The van der Waals surface area contributed by atoms with Crippen molar-refractivity contribution < 1.29 is 30.7 Å². The minimum absolute atomic E-state index is 0.912. The minimum atomic E-state index is -6.09. The fourth-order valence-corrected chi connectivity index (χ4v) is 2.90. The molecule has 1 rings (SSSR count). The van der Waals surface area contributed by atoms with E-state index in [1.807, 2.05) is 0 Å². The molecule has 0 spiro atoms. The molecule has 0 radical (unpaired) electrons. The lowest BCUT2D eigenvalue weighted by Gasteiger charge is -2.08. The van der Waals surface area contributed by atoms with E-state index in [0.29, 0.717) is 0 Å². The molecule has 8 heteroatoms. The van der Waals surface area contributed by atoms with Gasteiger partial charge in [0.05, 0.1) is 6.42 Å². The van der Waals surface area contributed by atoms with Gasteiger partial charge in [0, 0.05) is 30.9 Å².